The molecule has 1 amide bonds. The van der Waals surface area contributed by atoms with E-state index in [2.05, 4.69) is 5.32 Å². The second-order valence-electron chi connectivity index (χ2n) is 5.85. The Labute approximate surface area is 130 Å². The van der Waals surface area contributed by atoms with Crippen LogP contribution in [0.3, 0.4) is 0 Å². The topological polar surface area (TPSA) is 73.9 Å². The molecule has 6 nitrogen and oxygen atoms in total. The van der Waals surface area contributed by atoms with Gasteiger partial charge in [0.25, 0.3) is 0 Å². The zero-order valence-corrected chi connectivity index (χ0v) is 13.9. The summed E-state index contributed by atoms with van der Waals surface area (Å²) < 4.78 is 15.1. The van der Waals surface area contributed by atoms with Crippen LogP contribution in [0.25, 0.3) is 0 Å². The molecule has 1 N–H and O–H groups in total. The standard InChI is InChI=1S/C16H23NO5/c1-10(17-15(19)22-16(2,3)4)11-7-12(14(18)21-6)9-13(8-11)20-5/h7-10H,1-6H3,(H,17,19). The summed E-state index contributed by atoms with van der Waals surface area (Å²) in [4.78, 5) is 23.5. The van der Waals surface area contributed by atoms with Gasteiger partial charge in [0.15, 0.2) is 0 Å². The molecule has 1 aromatic rings. The maximum atomic E-state index is 11.8. The van der Waals surface area contributed by atoms with Crippen LogP contribution in [-0.4, -0.2) is 31.9 Å². The minimum atomic E-state index is -0.574. The maximum Gasteiger partial charge on any atom is 0.408 e. The summed E-state index contributed by atoms with van der Waals surface area (Å²) in [5.74, 6) is 0.0420. The van der Waals surface area contributed by atoms with E-state index >= 15 is 0 Å². The summed E-state index contributed by atoms with van der Waals surface area (Å²) >= 11 is 0. The fourth-order valence-electron chi connectivity index (χ4n) is 1.79. The molecule has 0 heterocycles. The normalized spacial score (nSPS) is 12.3. The molecule has 1 unspecified atom stereocenters. The van der Waals surface area contributed by atoms with Crippen LogP contribution in [0.15, 0.2) is 18.2 Å². The Bertz CT molecular complexity index is 548. The van der Waals surface area contributed by atoms with Gasteiger partial charge < -0.3 is 19.5 Å². The molecule has 1 aromatic carbocycles. The van der Waals surface area contributed by atoms with E-state index in [4.69, 9.17) is 14.2 Å². The zero-order chi connectivity index (χ0) is 16.9. The third-order valence-corrected chi connectivity index (χ3v) is 2.82. The number of esters is 1. The Morgan fingerprint density at radius 3 is 2.27 bits per heavy atom. The number of benzene rings is 1. The molecular formula is C16H23NO5. The lowest BCUT2D eigenvalue weighted by Gasteiger charge is -2.22. The summed E-state index contributed by atoms with van der Waals surface area (Å²) in [6, 6.07) is 4.62. The lowest BCUT2D eigenvalue weighted by molar-refractivity contribution is 0.0507. The van der Waals surface area contributed by atoms with E-state index in [9.17, 15) is 9.59 Å². The van der Waals surface area contributed by atoms with Crippen molar-refractivity contribution in [3.05, 3.63) is 29.3 Å². The number of nitrogens with one attached hydrogen (secondary N) is 1. The number of hydrogen-bond donors (Lipinski definition) is 1. The van der Waals surface area contributed by atoms with Gasteiger partial charge >= 0.3 is 12.1 Å². The average Bonchev–Trinajstić information content (AvgIpc) is 2.43. The van der Waals surface area contributed by atoms with Gasteiger partial charge in [0.1, 0.15) is 11.4 Å². The number of ether oxygens (including phenoxy) is 3. The molecular weight excluding hydrogens is 286 g/mol. The molecule has 0 aliphatic carbocycles. The van der Waals surface area contributed by atoms with Crippen LogP contribution in [0, 0.1) is 0 Å². The Morgan fingerprint density at radius 2 is 1.77 bits per heavy atom. The minimum absolute atomic E-state index is 0.353. The van der Waals surface area contributed by atoms with E-state index in [1.807, 2.05) is 0 Å². The first-order valence-electron chi connectivity index (χ1n) is 6.93. The highest BCUT2D eigenvalue weighted by Gasteiger charge is 2.19. The Hall–Kier alpha value is -2.24. The lowest BCUT2D eigenvalue weighted by Crippen LogP contribution is -2.34. The quantitative estimate of drug-likeness (QED) is 0.865. The Balaban J connectivity index is 2.95. The molecule has 122 valence electrons. The van der Waals surface area contributed by atoms with Crippen LogP contribution in [0.1, 0.15) is 49.7 Å². The van der Waals surface area contributed by atoms with Crippen molar-refractivity contribution >= 4 is 12.1 Å². The Morgan fingerprint density at radius 1 is 1.14 bits per heavy atom. The van der Waals surface area contributed by atoms with Crippen molar-refractivity contribution in [1.29, 1.82) is 0 Å². The number of hydrogen-bond acceptors (Lipinski definition) is 5. The van der Waals surface area contributed by atoms with E-state index in [0.29, 0.717) is 16.9 Å². The van der Waals surface area contributed by atoms with Crippen LogP contribution < -0.4 is 10.1 Å². The first kappa shape index (κ1) is 17.8. The van der Waals surface area contributed by atoms with E-state index in [1.54, 1.807) is 45.9 Å². The smallest absolute Gasteiger partial charge is 0.408 e. The molecule has 0 spiro atoms. The van der Waals surface area contributed by atoms with Crippen molar-refractivity contribution in [2.75, 3.05) is 14.2 Å². The fraction of sp³-hybridized carbons (Fsp3) is 0.500. The van der Waals surface area contributed by atoms with Gasteiger partial charge in [-0.3, -0.25) is 0 Å². The van der Waals surface area contributed by atoms with Crippen LogP contribution in [0.2, 0.25) is 0 Å². The monoisotopic (exact) mass is 309 g/mol. The van der Waals surface area contributed by atoms with Gasteiger partial charge in [-0.2, -0.15) is 0 Å². The van der Waals surface area contributed by atoms with Crippen LogP contribution in [0.5, 0.6) is 5.75 Å². The lowest BCUT2D eigenvalue weighted by atomic mass is 10.0. The van der Waals surface area contributed by atoms with Gasteiger partial charge in [0, 0.05) is 0 Å². The van der Waals surface area contributed by atoms with Gasteiger partial charge in [0.05, 0.1) is 25.8 Å². The van der Waals surface area contributed by atoms with E-state index in [-0.39, 0.29) is 6.04 Å². The molecule has 1 rings (SSSR count). The molecule has 0 fully saturated rings. The second kappa shape index (κ2) is 7.15. The summed E-state index contributed by atoms with van der Waals surface area (Å²) in [5.41, 5.74) is 0.496. The van der Waals surface area contributed by atoms with Crippen molar-refractivity contribution in [2.45, 2.75) is 39.3 Å². The number of alkyl carbamates (subject to hydrolysis) is 1. The summed E-state index contributed by atoms with van der Waals surface area (Å²) in [7, 11) is 2.82. The number of carbonyl (C=O) groups is 2. The van der Waals surface area contributed by atoms with Gasteiger partial charge in [-0.1, -0.05) is 0 Å². The van der Waals surface area contributed by atoms with Crippen LogP contribution in [-0.2, 0) is 9.47 Å². The molecule has 0 bridgehead atoms. The number of carbonyl (C=O) groups excluding carboxylic acids is 2. The SMILES string of the molecule is COC(=O)c1cc(OC)cc(C(C)NC(=O)OC(C)(C)C)c1. The fourth-order valence-corrected chi connectivity index (χ4v) is 1.79. The van der Waals surface area contributed by atoms with Crippen molar-refractivity contribution < 1.29 is 23.8 Å². The van der Waals surface area contributed by atoms with Crippen molar-refractivity contribution in [3.63, 3.8) is 0 Å². The number of methoxy groups -OCH3 is 2. The summed E-state index contributed by atoms with van der Waals surface area (Å²) in [6.45, 7) is 7.16. The summed E-state index contributed by atoms with van der Waals surface area (Å²) in [5, 5.41) is 2.72. The molecule has 0 aromatic heterocycles. The van der Waals surface area contributed by atoms with Gasteiger partial charge in [-0.05, 0) is 51.5 Å². The van der Waals surface area contributed by atoms with Crippen molar-refractivity contribution in [3.8, 4) is 5.75 Å². The number of rotatable bonds is 4. The van der Waals surface area contributed by atoms with Crippen molar-refractivity contribution in [1.82, 2.24) is 5.32 Å². The second-order valence-corrected chi connectivity index (χ2v) is 5.85. The van der Waals surface area contributed by atoms with E-state index in [0.717, 1.165) is 0 Å². The largest absolute Gasteiger partial charge is 0.497 e. The maximum absolute atomic E-state index is 11.8. The average molecular weight is 309 g/mol. The molecule has 0 saturated heterocycles. The van der Waals surface area contributed by atoms with Gasteiger partial charge in [0.2, 0.25) is 0 Å². The van der Waals surface area contributed by atoms with Gasteiger partial charge in [-0.15, -0.1) is 0 Å². The molecule has 22 heavy (non-hydrogen) atoms. The zero-order valence-electron chi connectivity index (χ0n) is 13.9. The molecule has 0 aliphatic heterocycles. The van der Waals surface area contributed by atoms with Crippen molar-refractivity contribution in [2.24, 2.45) is 0 Å². The highest BCUT2D eigenvalue weighted by atomic mass is 16.6. The highest BCUT2D eigenvalue weighted by Crippen LogP contribution is 2.23. The number of amides is 1. The predicted molar refractivity (Wildman–Crippen MR) is 82.1 cm³/mol. The van der Waals surface area contributed by atoms with Crippen LogP contribution in [0.4, 0.5) is 4.79 Å². The molecule has 0 radical (unpaired) electrons. The predicted octanol–water partition coefficient (Wildman–Crippen LogP) is 3.07. The first-order chi connectivity index (χ1) is 10.2. The van der Waals surface area contributed by atoms with E-state index < -0.39 is 17.7 Å². The molecule has 0 saturated carbocycles. The minimum Gasteiger partial charge on any atom is -0.497 e. The first-order valence-corrected chi connectivity index (χ1v) is 6.93. The Kier molecular flexibility index (Phi) is 5.79. The molecule has 0 aliphatic rings. The molecule has 1 atom stereocenters. The van der Waals surface area contributed by atoms with Crippen LogP contribution >= 0.6 is 0 Å². The van der Waals surface area contributed by atoms with Gasteiger partial charge in [-0.25, -0.2) is 9.59 Å². The molecule has 6 heteroatoms. The third-order valence-electron chi connectivity index (χ3n) is 2.82. The highest BCUT2D eigenvalue weighted by molar-refractivity contribution is 5.90. The van der Waals surface area contributed by atoms with E-state index in [1.165, 1.54) is 14.2 Å². The summed E-state index contributed by atoms with van der Waals surface area (Å²) in [6.07, 6.45) is -0.526. The third kappa shape index (κ3) is 5.27.